The number of aryl methyl sites for hydroxylation is 2. The van der Waals surface area contributed by atoms with Gasteiger partial charge in [0.2, 0.25) is 0 Å². The van der Waals surface area contributed by atoms with Gasteiger partial charge in [0.25, 0.3) is 0 Å². The molecular formula is C21H27N3O2S. The van der Waals surface area contributed by atoms with Crippen molar-refractivity contribution in [3.63, 3.8) is 0 Å². The smallest absolute Gasteiger partial charge is 0.153 e. The highest BCUT2D eigenvalue weighted by molar-refractivity contribution is 7.91. The third-order valence-corrected chi connectivity index (χ3v) is 7.65. The molecule has 6 heteroatoms. The number of rotatable bonds is 4. The van der Waals surface area contributed by atoms with Crippen molar-refractivity contribution in [1.82, 2.24) is 14.8 Å². The molecule has 1 aromatic heterocycles. The first-order valence-electron chi connectivity index (χ1n) is 9.56. The van der Waals surface area contributed by atoms with E-state index >= 15 is 0 Å². The zero-order valence-electron chi connectivity index (χ0n) is 16.0. The lowest BCUT2D eigenvalue weighted by molar-refractivity contribution is 0.0348. The summed E-state index contributed by atoms with van der Waals surface area (Å²) in [5.74, 6) is 0.523. The first kappa shape index (κ1) is 18.6. The first-order valence-corrected chi connectivity index (χ1v) is 11.4. The molecule has 2 unspecified atom stereocenters. The van der Waals surface area contributed by atoms with E-state index in [-0.39, 0.29) is 23.6 Å². The van der Waals surface area contributed by atoms with Crippen LogP contribution in [0.3, 0.4) is 0 Å². The Hall–Kier alpha value is -1.76. The van der Waals surface area contributed by atoms with Crippen LogP contribution in [0.5, 0.6) is 0 Å². The lowest BCUT2D eigenvalue weighted by atomic mass is 10.0. The third-order valence-electron chi connectivity index (χ3n) is 5.95. The number of nitrogens with zero attached hydrogens (tertiary/aromatic N) is 3. The lowest BCUT2D eigenvalue weighted by Gasteiger charge is -2.44. The Morgan fingerprint density at radius 2 is 1.67 bits per heavy atom. The van der Waals surface area contributed by atoms with Gasteiger partial charge < -0.3 is 0 Å². The molecule has 27 heavy (non-hydrogen) atoms. The lowest BCUT2D eigenvalue weighted by Crippen LogP contribution is -2.58. The molecular weight excluding hydrogens is 358 g/mol. The summed E-state index contributed by atoms with van der Waals surface area (Å²) in [4.78, 5) is 9.11. The second-order valence-electron chi connectivity index (χ2n) is 7.89. The maximum absolute atomic E-state index is 12.4. The summed E-state index contributed by atoms with van der Waals surface area (Å²) in [5.41, 5.74) is 4.85. The number of aromatic nitrogens is 1. The summed E-state index contributed by atoms with van der Waals surface area (Å²) in [6, 6.07) is 12.6. The minimum Gasteiger partial charge on any atom is -0.292 e. The molecule has 0 N–H and O–H groups in total. The van der Waals surface area contributed by atoms with E-state index in [1.54, 1.807) is 6.20 Å². The van der Waals surface area contributed by atoms with E-state index in [0.717, 1.165) is 31.9 Å². The van der Waals surface area contributed by atoms with Crippen LogP contribution >= 0.6 is 0 Å². The van der Waals surface area contributed by atoms with E-state index in [0.29, 0.717) is 0 Å². The molecule has 2 atom stereocenters. The normalized spacial score (nSPS) is 25.4. The standard InChI is InChI=1S/C21H27N3O2S/c1-16-6-7-18(11-17(16)2)12-23-9-10-24(13-19-5-3-4-8-22-19)21-15-27(25,26)14-20(21)23/h3-8,11,20-21H,9-10,12-15H2,1-2H3. The monoisotopic (exact) mass is 385 g/mol. The fraction of sp³-hybridized carbons (Fsp3) is 0.476. The van der Waals surface area contributed by atoms with E-state index in [9.17, 15) is 8.42 Å². The number of hydrogen-bond acceptors (Lipinski definition) is 5. The Morgan fingerprint density at radius 1 is 0.963 bits per heavy atom. The minimum absolute atomic E-state index is 0.0531. The van der Waals surface area contributed by atoms with Crippen molar-refractivity contribution in [2.45, 2.75) is 39.0 Å². The number of pyridine rings is 1. The van der Waals surface area contributed by atoms with Crippen molar-refractivity contribution < 1.29 is 8.42 Å². The highest BCUT2D eigenvalue weighted by Gasteiger charge is 2.46. The second kappa shape index (κ2) is 7.34. The summed E-state index contributed by atoms with van der Waals surface area (Å²) < 4.78 is 24.8. The molecule has 2 aliphatic heterocycles. The average molecular weight is 386 g/mol. The van der Waals surface area contributed by atoms with Crippen molar-refractivity contribution in [3.05, 3.63) is 65.0 Å². The highest BCUT2D eigenvalue weighted by atomic mass is 32.2. The summed E-state index contributed by atoms with van der Waals surface area (Å²) in [6.07, 6.45) is 1.80. The van der Waals surface area contributed by atoms with Crippen LogP contribution in [0.15, 0.2) is 42.6 Å². The minimum atomic E-state index is -3.00. The van der Waals surface area contributed by atoms with Gasteiger partial charge in [-0.1, -0.05) is 24.3 Å². The SMILES string of the molecule is Cc1ccc(CN2CCN(Cc3ccccn3)C3CS(=O)(=O)CC32)cc1C. The van der Waals surface area contributed by atoms with Crippen molar-refractivity contribution >= 4 is 9.84 Å². The molecule has 0 aliphatic carbocycles. The van der Waals surface area contributed by atoms with Crippen molar-refractivity contribution in [1.29, 1.82) is 0 Å². The Kier molecular flexibility index (Phi) is 5.05. The van der Waals surface area contributed by atoms with Crippen LogP contribution in [0.4, 0.5) is 0 Å². The fourth-order valence-corrected chi connectivity index (χ4v) is 6.37. The van der Waals surface area contributed by atoms with E-state index in [4.69, 9.17) is 0 Å². The van der Waals surface area contributed by atoms with Gasteiger partial charge in [-0.15, -0.1) is 0 Å². The molecule has 5 nitrogen and oxygen atoms in total. The number of fused-ring (bicyclic) bond motifs is 1. The second-order valence-corrected chi connectivity index (χ2v) is 10.0. The van der Waals surface area contributed by atoms with Gasteiger partial charge in [0.05, 0.1) is 17.2 Å². The number of hydrogen-bond donors (Lipinski definition) is 0. The molecule has 3 heterocycles. The van der Waals surface area contributed by atoms with Crippen LogP contribution < -0.4 is 0 Å². The topological polar surface area (TPSA) is 53.5 Å². The van der Waals surface area contributed by atoms with Crippen LogP contribution in [-0.4, -0.2) is 59.9 Å². The van der Waals surface area contributed by atoms with Gasteiger partial charge in [0.15, 0.2) is 9.84 Å². The summed E-state index contributed by atoms with van der Waals surface area (Å²) >= 11 is 0. The predicted molar refractivity (Wildman–Crippen MR) is 107 cm³/mol. The summed E-state index contributed by atoms with van der Waals surface area (Å²) in [7, 11) is -3.00. The number of piperazine rings is 1. The molecule has 2 saturated heterocycles. The van der Waals surface area contributed by atoms with Crippen LogP contribution in [0.1, 0.15) is 22.4 Å². The molecule has 0 spiro atoms. The van der Waals surface area contributed by atoms with Crippen LogP contribution in [-0.2, 0) is 22.9 Å². The molecule has 2 aliphatic rings. The molecule has 0 bridgehead atoms. The van der Waals surface area contributed by atoms with Gasteiger partial charge in [-0.2, -0.15) is 0 Å². The molecule has 2 aromatic rings. The van der Waals surface area contributed by atoms with Gasteiger partial charge in [0, 0.05) is 44.5 Å². The van der Waals surface area contributed by atoms with E-state index in [1.807, 2.05) is 18.2 Å². The first-order chi connectivity index (χ1) is 12.9. The Labute approximate surface area is 161 Å². The van der Waals surface area contributed by atoms with Crippen molar-refractivity contribution in [3.8, 4) is 0 Å². The van der Waals surface area contributed by atoms with Gasteiger partial charge in [-0.05, 0) is 42.7 Å². The van der Waals surface area contributed by atoms with Crippen LogP contribution in [0, 0.1) is 13.8 Å². The highest BCUT2D eigenvalue weighted by Crippen LogP contribution is 2.29. The van der Waals surface area contributed by atoms with E-state index in [1.165, 1.54) is 16.7 Å². The zero-order valence-corrected chi connectivity index (χ0v) is 16.8. The average Bonchev–Trinajstić information content (AvgIpc) is 2.97. The molecule has 4 rings (SSSR count). The largest absolute Gasteiger partial charge is 0.292 e. The van der Waals surface area contributed by atoms with Crippen LogP contribution in [0.25, 0.3) is 0 Å². The zero-order chi connectivity index (χ0) is 19.0. The van der Waals surface area contributed by atoms with Crippen molar-refractivity contribution in [2.75, 3.05) is 24.6 Å². The molecule has 0 saturated carbocycles. The molecule has 2 fully saturated rings. The van der Waals surface area contributed by atoms with Gasteiger partial charge >= 0.3 is 0 Å². The number of sulfone groups is 1. The van der Waals surface area contributed by atoms with Gasteiger partial charge in [-0.3, -0.25) is 14.8 Å². The molecule has 144 valence electrons. The van der Waals surface area contributed by atoms with Gasteiger partial charge in [0.1, 0.15) is 0 Å². The van der Waals surface area contributed by atoms with E-state index < -0.39 is 9.84 Å². The Balaban J connectivity index is 1.53. The number of benzene rings is 1. The maximum atomic E-state index is 12.4. The van der Waals surface area contributed by atoms with Crippen LogP contribution in [0.2, 0.25) is 0 Å². The third kappa shape index (κ3) is 4.08. The van der Waals surface area contributed by atoms with Crippen molar-refractivity contribution in [2.24, 2.45) is 0 Å². The van der Waals surface area contributed by atoms with E-state index in [2.05, 4.69) is 46.8 Å². The fourth-order valence-electron chi connectivity index (χ4n) is 4.33. The quantitative estimate of drug-likeness (QED) is 0.808. The maximum Gasteiger partial charge on any atom is 0.153 e. The molecule has 0 radical (unpaired) electrons. The summed E-state index contributed by atoms with van der Waals surface area (Å²) in [5, 5.41) is 0. The molecule has 0 amide bonds. The summed E-state index contributed by atoms with van der Waals surface area (Å²) in [6.45, 7) is 7.54. The Morgan fingerprint density at radius 3 is 2.30 bits per heavy atom. The molecule has 1 aromatic carbocycles. The Bertz CT molecular complexity index is 914. The van der Waals surface area contributed by atoms with Gasteiger partial charge in [-0.25, -0.2) is 8.42 Å². The predicted octanol–water partition coefficient (Wildman–Crippen LogP) is 2.18.